The van der Waals surface area contributed by atoms with Crippen LogP contribution in [-0.4, -0.2) is 44.5 Å². The quantitative estimate of drug-likeness (QED) is 0.729. The molecule has 0 saturated heterocycles. The maximum Gasteiger partial charge on any atom is 0.224 e. The summed E-state index contributed by atoms with van der Waals surface area (Å²) in [6, 6.07) is 7.24. The fourth-order valence-corrected chi connectivity index (χ4v) is 1.85. The van der Waals surface area contributed by atoms with E-state index in [1.54, 1.807) is 14.2 Å². The molecule has 0 fully saturated rings. The second-order valence-electron chi connectivity index (χ2n) is 4.22. The maximum absolute atomic E-state index is 11.9. The number of benzene rings is 1. The maximum atomic E-state index is 11.9. The molecule has 5 nitrogen and oxygen atoms in total. The van der Waals surface area contributed by atoms with Crippen molar-refractivity contribution in [3.63, 3.8) is 0 Å². The number of hydrogen-bond donors (Lipinski definition) is 2. The zero-order valence-corrected chi connectivity index (χ0v) is 11.4. The standard InChI is InChI=1S/C14H21NO4/c1-18-10-12(7-8-16)15-14(17)9-11-5-3-4-6-13(11)19-2/h3-6,12,16H,7-10H2,1-2H3,(H,15,17). The van der Waals surface area contributed by atoms with Crippen molar-refractivity contribution in [1.82, 2.24) is 5.32 Å². The van der Waals surface area contributed by atoms with Crippen molar-refractivity contribution in [2.45, 2.75) is 18.9 Å². The predicted octanol–water partition coefficient (Wildman–Crippen LogP) is 0.751. The van der Waals surface area contributed by atoms with Gasteiger partial charge in [-0.05, 0) is 12.5 Å². The molecule has 1 atom stereocenters. The third kappa shape index (κ3) is 5.28. The normalized spacial score (nSPS) is 11.9. The molecule has 19 heavy (non-hydrogen) atoms. The number of hydrogen-bond acceptors (Lipinski definition) is 4. The van der Waals surface area contributed by atoms with Gasteiger partial charge in [-0.25, -0.2) is 0 Å². The first-order chi connectivity index (χ1) is 9.21. The summed E-state index contributed by atoms with van der Waals surface area (Å²) in [5.74, 6) is 0.586. The highest BCUT2D eigenvalue weighted by atomic mass is 16.5. The second kappa shape index (κ2) is 8.50. The average molecular weight is 267 g/mol. The SMILES string of the molecule is COCC(CCO)NC(=O)Cc1ccccc1OC. The number of carbonyl (C=O) groups excluding carboxylic acids is 1. The molecular formula is C14H21NO4. The summed E-state index contributed by atoms with van der Waals surface area (Å²) in [7, 11) is 3.15. The van der Waals surface area contributed by atoms with Crippen LogP contribution in [0.5, 0.6) is 5.75 Å². The van der Waals surface area contributed by atoms with Gasteiger partial charge in [0.2, 0.25) is 5.91 Å². The average Bonchev–Trinajstić information content (AvgIpc) is 2.40. The first kappa shape index (κ1) is 15.5. The van der Waals surface area contributed by atoms with Crippen LogP contribution in [0.2, 0.25) is 0 Å². The van der Waals surface area contributed by atoms with Gasteiger partial charge in [0.15, 0.2) is 0 Å². The monoisotopic (exact) mass is 267 g/mol. The van der Waals surface area contributed by atoms with Gasteiger partial charge in [0.25, 0.3) is 0 Å². The Labute approximate surface area is 113 Å². The van der Waals surface area contributed by atoms with Crippen molar-refractivity contribution in [1.29, 1.82) is 0 Å². The van der Waals surface area contributed by atoms with Crippen LogP contribution >= 0.6 is 0 Å². The van der Waals surface area contributed by atoms with E-state index < -0.39 is 0 Å². The molecule has 1 rings (SSSR count). The topological polar surface area (TPSA) is 67.8 Å². The highest BCUT2D eigenvalue weighted by Crippen LogP contribution is 2.17. The van der Waals surface area contributed by atoms with Crippen LogP contribution in [0.15, 0.2) is 24.3 Å². The number of methoxy groups -OCH3 is 2. The Kier molecular flexibility index (Phi) is 6.92. The van der Waals surface area contributed by atoms with Crippen molar-refractivity contribution in [2.24, 2.45) is 0 Å². The van der Waals surface area contributed by atoms with E-state index in [2.05, 4.69) is 5.32 Å². The van der Waals surface area contributed by atoms with Crippen molar-refractivity contribution in [2.75, 3.05) is 27.4 Å². The first-order valence-corrected chi connectivity index (χ1v) is 6.22. The van der Waals surface area contributed by atoms with E-state index in [-0.39, 0.29) is 25.0 Å². The van der Waals surface area contributed by atoms with E-state index in [9.17, 15) is 4.79 Å². The van der Waals surface area contributed by atoms with E-state index >= 15 is 0 Å². The van der Waals surface area contributed by atoms with Gasteiger partial charge in [0.05, 0.1) is 26.2 Å². The highest BCUT2D eigenvalue weighted by Gasteiger charge is 2.13. The number of carbonyl (C=O) groups is 1. The molecule has 0 heterocycles. The van der Waals surface area contributed by atoms with Gasteiger partial charge < -0.3 is 19.9 Å². The third-order valence-electron chi connectivity index (χ3n) is 2.75. The van der Waals surface area contributed by atoms with Crippen LogP contribution in [-0.2, 0) is 16.0 Å². The smallest absolute Gasteiger partial charge is 0.224 e. The Balaban J connectivity index is 2.58. The largest absolute Gasteiger partial charge is 0.496 e. The number of nitrogens with one attached hydrogen (secondary N) is 1. The van der Waals surface area contributed by atoms with Crippen LogP contribution in [0.1, 0.15) is 12.0 Å². The predicted molar refractivity (Wildman–Crippen MR) is 72.2 cm³/mol. The molecule has 0 bridgehead atoms. The van der Waals surface area contributed by atoms with Gasteiger partial charge in [-0.15, -0.1) is 0 Å². The minimum absolute atomic E-state index is 0.0168. The molecule has 0 saturated carbocycles. The van der Waals surface area contributed by atoms with E-state index in [4.69, 9.17) is 14.6 Å². The number of aliphatic hydroxyl groups excluding tert-OH is 1. The zero-order chi connectivity index (χ0) is 14.1. The van der Waals surface area contributed by atoms with E-state index in [0.717, 1.165) is 5.56 Å². The molecule has 0 aliphatic carbocycles. The first-order valence-electron chi connectivity index (χ1n) is 6.22. The van der Waals surface area contributed by atoms with Gasteiger partial charge in [0, 0.05) is 19.3 Å². The van der Waals surface area contributed by atoms with Crippen LogP contribution in [0.3, 0.4) is 0 Å². The zero-order valence-electron chi connectivity index (χ0n) is 11.4. The van der Waals surface area contributed by atoms with Crippen LogP contribution in [0.4, 0.5) is 0 Å². The molecule has 1 aromatic carbocycles. The number of para-hydroxylation sites is 1. The Hall–Kier alpha value is -1.59. The third-order valence-corrected chi connectivity index (χ3v) is 2.75. The summed E-state index contributed by atoms with van der Waals surface area (Å²) in [5.41, 5.74) is 0.836. The molecule has 106 valence electrons. The number of ether oxygens (including phenoxy) is 2. The van der Waals surface area contributed by atoms with Gasteiger partial charge in [-0.2, -0.15) is 0 Å². The second-order valence-corrected chi connectivity index (χ2v) is 4.22. The van der Waals surface area contributed by atoms with Gasteiger partial charge in [0.1, 0.15) is 5.75 Å². The Morgan fingerprint density at radius 1 is 1.37 bits per heavy atom. The minimum Gasteiger partial charge on any atom is -0.496 e. The Bertz CT molecular complexity index is 389. The summed E-state index contributed by atoms with van der Waals surface area (Å²) in [6.07, 6.45) is 0.723. The number of aliphatic hydroxyl groups is 1. The lowest BCUT2D eigenvalue weighted by atomic mass is 10.1. The van der Waals surface area contributed by atoms with Crippen molar-refractivity contribution < 1.29 is 19.4 Å². The molecule has 0 aromatic heterocycles. The van der Waals surface area contributed by atoms with Crippen LogP contribution in [0.25, 0.3) is 0 Å². The van der Waals surface area contributed by atoms with Crippen molar-refractivity contribution >= 4 is 5.91 Å². The molecule has 0 spiro atoms. The summed E-state index contributed by atoms with van der Waals surface area (Å²) in [6.45, 7) is 0.404. The van der Waals surface area contributed by atoms with E-state index in [1.807, 2.05) is 24.3 Å². The summed E-state index contributed by atoms with van der Waals surface area (Å²) >= 11 is 0. The Morgan fingerprint density at radius 3 is 2.74 bits per heavy atom. The Morgan fingerprint density at radius 2 is 2.11 bits per heavy atom. The molecule has 1 aromatic rings. The van der Waals surface area contributed by atoms with Crippen LogP contribution < -0.4 is 10.1 Å². The molecular weight excluding hydrogens is 246 g/mol. The molecule has 0 aliphatic rings. The van der Waals surface area contributed by atoms with Gasteiger partial charge in [-0.1, -0.05) is 18.2 Å². The van der Waals surface area contributed by atoms with Gasteiger partial charge >= 0.3 is 0 Å². The minimum atomic E-state index is -0.169. The summed E-state index contributed by atoms with van der Waals surface area (Å²) < 4.78 is 10.2. The number of rotatable bonds is 8. The van der Waals surface area contributed by atoms with E-state index in [1.165, 1.54) is 0 Å². The molecule has 0 aliphatic heterocycles. The molecule has 5 heteroatoms. The summed E-state index contributed by atoms with van der Waals surface area (Å²) in [5, 5.41) is 11.8. The van der Waals surface area contributed by atoms with E-state index in [0.29, 0.717) is 18.8 Å². The number of amides is 1. The van der Waals surface area contributed by atoms with Crippen molar-refractivity contribution in [3.8, 4) is 5.75 Å². The van der Waals surface area contributed by atoms with Crippen LogP contribution in [0, 0.1) is 0 Å². The summed E-state index contributed by atoms with van der Waals surface area (Å²) in [4.78, 5) is 11.9. The fraction of sp³-hybridized carbons (Fsp3) is 0.500. The lowest BCUT2D eigenvalue weighted by Gasteiger charge is -2.17. The lowest BCUT2D eigenvalue weighted by Crippen LogP contribution is -2.39. The van der Waals surface area contributed by atoms with Gasteiger partial charge in [-0.3, -0.25) is 4.79 Å². The molecule has 2 N–H and O–H groups in total. The molecule has 1 unspecified atom stereocenters. The van der Waals surface area contributed by atoms with Crippen molar-refractivity contribution in [3.05, 3.63) is 29.8 Å². The fourth-order valence-electron chi connectivity index (χ4n) is 1.85. The lowest BCUT2D eigenvalue weighted by molar-refractivity contribution is -0.121. The molecule has 1 amide bonds. The highest BCUT2D eigenvalue weighted by molar-refractivity contribution is 5.79. The molecule has 0 radical (unpaired) electrons.